The standard InChI is InChI=1S/C35H49N5O7/c1-5-11-25(28(42)31(44)36-22-16-17-22)37-30(43)26-18-35(19-27(41)39(20-35)23-12-7-6-8-13-23)21-40(26)32(45)29(34(2,3)4)38-33(46)47-24-14-9-10-15-24/h6-8,12-13,22,24-26,29H,5,9-11,14-21H2,1-4H3,(H,36,44)(H,37,43)(H,38,46)/t25-,26?,29+,35-/m0/s1. The van der Waals surface area contributed by atoms with Gasteiger partial charge in [-0.05, 0) is 68.9 Å². The van der Waals surface area contributed by atoms with E-state index in [4.69, 9.17) is 4.74 Å². The zero-order valence-electron chi connectivity index (χ0n) is 28.0. The second kappa shape index (κ2) is 14.0. The predicted octanol–water partition coefficient (Wildman–Crippen LogP) is 3.23. The summed E-state index contributed by atoms with van der Waals surface area (Å²) in [6, 6.07) is 6.15. The number of hydrogen-bond acceptors (Lipinski definition) is 7. The van der Waals surface area contributed by atoms with Crippen molar-refractivity contribution < 1.29 is 33.5 Å². The van der Waals surface area contributed by atoms with Crippen LogP contribution in [0.15, 0.2) is 30.3 Å². The lowest BCUT2D eigenvalue weighted by Gasteiger charge is -2.36. The van der Waals surface area contributed by atoms with Crippen LogP contribution in [-0.4, -0.2) is 83.8 Å². The fraction of sp³-hybridized carbons (Fsp3) is 0.657. The Bertz CT molecular complexity index is 1370. The van der Waals surface area contributed by atoms with Gasteiger partial charge in [-0.25, -0.2) is 4.79 Å². The molecule has 1 spiro atoms. The van der Waals surface area contributed by atoms with E-state index in [2.05, 4.69) is 16.0 Å². The molecule has 2 saturated carbocycles. The van der Waals surface area contributed by atoms with Crippen LogP contribution in [0.5, 0.6) is 0 Å². The highest BCUT2D eigenvalue weighted by atomic mass is 16.6. The maximum Gasteiger partial charge on any atom is 0.408 e. The Morgan fingerprint density at radius 1 is 0.979 bits per heavy atom. The second-order valence-corrected chi connectivity index (χ2v) is 14.9. The van der Waals surface area contributed by atoms with E-state index in [0.29, 0.717) is 13.0 Å². The molecular formula is C35H49N5O7. The third-order valence-electron chi connectivity index (χ3n) is 9.78. The molecule has 1 aromatic carbocycles. The molecule has 47 heavy (non-hydrogen) atoms. The van der Waals surface area contributed by atoms with Crippen molar-refractivity contribution in [3.63, 3.8) is 0 Å². The van der Waals surface area contributed by atoms with Crippen molar-refractivity contribution in [2.75, 3.05) is 18.0 Å². The monoisotopic (exact) mass is 651 g/mol. The summed E-state index contributed by atoms with van der Waals surface area (Å²) in [5, 5.41) is 8.29. The summed E-state index contributed by atoms with van der Waals surface area (Å²) in [4.78, 5) is 83.9. The first kappa shape index (κ1) is 34.4. The summed E-state index contributed by atoms with van der Waals surface area (Å²) in [6.45, 7) is 7.77. The number of para-hydroxylation sites is 1. The van der Waals surface area contributed by atoms with Gasteiger partial charge in [-0.1, -0.05) is 52.3 Å². The van der Waals surface area contributed by atoms with E-state index in [1.54, 1.807) is 4.90 Å². The summed E-state index contributed by atoms with van der Waals surface area (Å²) >= 11 is 0. The Labute approximate surface area is 276 Å². The molecule has 2 aliphatic carbocycles. The number of carbonyl (C=O) groups excluding carboxylic acids is 6. The quantitative estimate of drug-likeness (QED) is 0.311. The molecule has 5 rings (SSSR count). The first-order valence-corrected chi connectivity index (χ1v) is 17.1. The van der Waals surface area contributed by atoms with Crippen molar-refractivity contribution in [1.82, 2.24) is 20.9 Å². The van der Waals surface area contributed by atoms with E-state index in [1.807, 2.05) is 58.0 Å². The summed E-state index contributed by atoms with van der Waals surface area (Å²) in [7, 11) is 0. The summed E-state index contributed by atoms with van der Waals surface area (Å²) in [6.07, 6.45) is 5.41. The number of benzene rings is 1. The SMILES string of the molecule is CCC[C@H](NC(=O)C1C[C@@]2(CC(=O)N(c3ccccc3)C2)CN1C(=O)[C@@H](NC(=O)OC1CCCC1)C(C)(C)C)C(=O)C(=O)NC1CC1. The molecule has 256 valence electrons. The fourth-order valence-electron chi connectivity index (χ4n) is 7.10. The van der Waals surface area contributed by atoms with Crippen molar-refractivity contribution in [2.24, 2.45) is 10.8 Å². The lowest BCUT2D eigenvalue weighted by atomic mass is 9.84. The predicted molar refractivity (Wildman–Crippen MR) is 174 cm³/mol. The van der Waals surface area contributed by atoms with Gasteiger partial charge in [0.05, 0.1) is 6.04 Å². The van der Waals surface area contributed by atoms with Gasteiger partial charge in [-0.3, -0.25) is 24.0 Å². The van der Waals surface area contributed by atoms with Crippen molar-refractivity contribution in [3.8, 4) is 0 Å². The molecule has 12 heteroatoms. The van der Waals surface area contributed by atoms with Crippen LogP contribution in [0.3, 0.4) is 0 Å². The molecular weight excluding hydrogens is 602 g/mol. The molecule has 2 saturated heterocycles. The topological polar surface area (TPSA) is 154 Å². The number of likely N-dealkylation sites (tertiary alicyclic amines) is 1. The van der Waals surface area contributed by atoms with Gasteiger partial charge in [0.1, 0.15) is 18.2 Å². The number of nitrogens with one attached hydrogen (secondary N) is 3. The van der Waals surface area contributed by atoms with Crippen LogP contribution in [0.1, 0.15) is 91.9 Å². The molecule has 1 unspecified atom stereocenters. The summed E-state index contributed by atoms with van der Waals surface area (Å²) in [5.74, 6) is -2.57. The highest BCUT2D eigenvalue weighted by molar-refractivity contribution is 6.38. The molecule has 5 amide bonds. The van der Waals surface area contributed by atoms with Crippen molar-refractivity contribution >= 4 is 41.2 Å². The maximum atomic E-state index is 14.5. The Hall–Kier alpha value is -3.96. The van der Waals surface area contributed by atoms with Crippen LogP contribution in [0.25, 0.3) is 0 Å². The number of ether oxygens (including phenoxy) is 1. The van der Waals surface area contributed by atoms with Gasteiger partial charge in [-0.15, -0.1) is 0 Å². The average Bonchev–Trinajstić information content (AvgIpc) is 3.39. The Morgan fingerprint density at radius 2 is 1.66 bits per heavy atom. The third kappa shape index (κ3) is 8.13. The Kier molecular flexibility index (Phi) is 10.3. The lowest BCUT2D eigenvalue weighted by Crippen LogP contribution is -2.59. The molecule has 1 aromatic rings. The van der Waals surface area contributed by atoms with Gasteiger partial charge >= 0.3 is 6.09 Å². The number of rotatable bonds is 11. The minimum atomic E-state index is -1.05. The van der Waals surface area contributed by atoms with Crippen LogP contribution in [0.2, 0.25) is 0 Å². The van der Waals surface area contributed by atoms with E-state index >= 15 is 0 Å². The first-order chi connectivity index (χ1) is 22.3. The number of alkyl carbamates (subject to hydrolysis) is 1. The minimum absolute atomic E-state index is 0.0121. The number of hydrogen-bond donors (Lipinski definition) is 3. The third-order valence-corrected chi connectivity index (χ3v) is 9.78. The fourth-order valence-corrected chi connectivity index (χ4v) is 7.10. The van der Waals surface area contributed by atoms with E-state index in [0.717, 1.165) is 44.2 Å². The van der Waals surface area contributed by atoms with Crippen molar-refractivity contribution in [2.45, 2.75) is 122 Å². The van der Waals surface area contributed by atoms with Gasteiger partial charge in [0.15, 0.2) is 0 Å². The average molecular weight is 652 g/mol. The van der Waals surface area contributed by atoms with E-state index in [-0.39, 0.29) is 43.9 Å². The Balaban J connectivity index is 1.40. The van der Waals surface area contributed by atoms with Gasteiger partial charge < -0.3 is 30.5 Å². The summed E-state index contributed by atoms with van der Waals surface area (Å²) < 4.78 is 5.63. The summed E-state index contributed by atoms with van der Waals surface area (Å²) in [5.41, 5.74) is -0.740. The molecule has 0 aromatic heterocycles. The van der Waals surface area contributed by atoms with Crippen LogP contribution in [0.4, 0.5) is 10.5 Å². The van der Waals surface area contributed by atoms with E-state index in [1.165, 1.54) is 4.90 Å². The number of amides is 5. The zero-order chi connectivity index (χ0) is 33.9. The highest BCUT2D eigenvalue weighted by Crippen LogP contribution is 2.45. The van der Waals surface area contributed by atoms with Crippen LogP contribution in [0, 0.1) is 10.8 Å². The number of anilines is 1. The molecule has 3 N–H and O–H groups in total. The highest BCUT2D eigenvalue weighted by Gasteiger charge is 2.56. The van der Waals surface area contributed by atoms with Crippen molar-refractivity contribution in [1.29, 1.82) is 0 Å². The smallest absolute Gasteiger partial charge is 0.408 e. The lowest BCUT2D eigenvalue weighted by molar-refractivity contribution is -0.144. The van der Waals surface area contributed by atoms with E-state index in [9.17, 15) is 28.8 Å². The normalized spacial score (nSPS) is 24.3. The van der Waals surface area contributed by atoms with Crippen LogP contribution in [-0.2, 0) is 28.7 Å². The molecule has 4 atom stereocenters. The zero-order valence-corrected chi connectivity index (χ0v) is 28.0. The molecule has 0 bridgehead atoms. The van der Waals surface area contributed by atoms with Gasteiger partial charge in [-0.2, -0.15) is 0 Å². The second-order valence-electron chi connectivity index (χ2n) is 14.9. The maximum absolute atomic E-state index is 14.5. The Morgan fingerprint density at radius 3 is 2.28 bits per heavy atom. The molecule has 4 aliphatic rings. The number of nitrogens with zero attached hydrogens (tertiary/aromatic N) is 2. The number of carbonyl (C=O) groups is 6. The number of Topliss-reactive ketones (excluding diaryl/α,β-unsaturated/α-hetero) is 1. The molecule has 2 heterocycles. The minimum Gasteiger partial charge on any atom is -0.446 e. The van der Waals surface area contributed by atoms with Gasteiger partial charge in [0.25, 0.3) is 5.91 Å². The van der Waals surface area contributed by atoms with Gasteiger partial charge in [0.2, 0.25) is 23.5 Å². The van der Waals surface area contributed by atoms with Crippen molar-refractivity contribution in [3.05, 3.63) is 30.3 Å². The molecule has 12 nitrogen and oxygen atoms in total. The molecule has 2 aliphatic heterocycles. The van der Waals surface area contributed by atoms with E-state index < -0.39 is 58.6 Å². The first-order valence-electron chi connectivity index (χ1n) is 17.1. The largest absolute Gasteiger partial charge is 0.446 e. The van der Waals surface area contributed by atoms with Gasteiger partial charge in [0, 0.05) is 36.7 Å². The molecule has 0 radical (unpaired) electrons. The molecule has 4 fully saturated rings. The van der Waals surface area contributed by atoms with Crippen LogP contribution >= 0.6 is 0 Å². The van der Waals surface area contributed by atoms with Crippen LogP contribution < -0.4 is 20.9 Å². The number of ketones is 1.